The third-order valence-electron chi connectivity index (χ3n) is 6.60. The topological polar surface area (TPSA) is 88.2 Å². The number of ether oxygens (including phenoxy) is 1. The minimum atomic E-state index is -4.79. The van der Waals surface area contributed by atoms with Crippen LogP contribution in [0, 0.1) is 0 Å². The number of benzene rings is 2. The molecule has 2 aliphatic rings. The summed E-state index contributed by atoms with van der Waals surface area (Å²) in [6, 6.07) is 10.5. The van der Waals surface area contributed by atoms with Gasteiger partial charge in [-0.1, -0.05) is 48.0 Å². The standard InChI is InChI=1S/C25H27ClF3N3O3/c1-14-11-17(9-10-35-14)32-20(33)13-24(2,31-23(32)30)19-8-4-7-18(21(19)26)15-5-3-6-16(12-15)22(34)25(27,28)29/h3-8,12,14,17,22,34H,9-11,13H2,1-2H3,(H2,30,31)/t14-,17-,22+,24-/m0/s1. The van der Waals surface area contributed by atoms with Gasteiger partial charge >= 0.3 is 6.18 Å². The van der Waals surface area contributed by atoms with E-state index in [1.54, 1.807) is 36.1 Å². The lowest BCUT2D eigenvalue weighted by atomic mass is 9.85. The van der Waals surface area contributed by atoms with E-state index in [1.807, 2.05) is 6.92 Å². The van der Waals surface area contributed by atoms with Gasteiger partial charge in [0.2, 0.25) is 5.91 Å². The van der Waals surface area contributed by atoms with E-state index in [1.165, 1.54) is 18.2 Å². The van der Waals surface area contributed by atoms with E-state index in [4.69, 9.17) is 22.1 Å². The van der Waals surface area contributed by atoms with Crippen molar-refractivity contribution in [3.63, 3.8) is 0 Å². The van der Waals surface area contributed by atoms with Crippen molar-refractivity contribution in [2.45, 2.75) is 63.1 Å². The molecule has 3 N–H and O–H groups in total. The summed E-state index contributed by atoms with van der Waals surface area (Å²) in [7, 11) is 0. The number of halogens is 4. The first kappa shape index (κ1) is 25.5. The van der Waals surface area contributed by atoms with Crippen molar-refractivity contribution in [2.75, 3.05) is 6.61 Å². The zero-order valence-electron chi connectivity index (χ0n) is 19.3. The van der Waals surface area contributed by atoms with Crippen molar-refractivity contribution in [2.24, 2.45) is 10.7 Å². The highest BCUT2D eigenvalue weighted by Crippen LogP contribution is 2.43. The summed E-state index contributed by atoms with van der Waals surface area (Å²) in [6.07, 6.45) is -6.02. The minimum absolute atomic E-state index is 0.0143. The lowest BCUT2D eigenvalue weighted by Gasteiger charge is -2.41. The number of carbonyl (C=O) groups is 1. The monoisotopic (exact) mass is 509 g/mol. The third-order valence-corrected chi connectivity index (χ3v) is 7.00. The van der Waals surface area contributed by atoms with Crippen molar-refractivity contribution in [3.05, 3.63) is 58.6 Å². The molecule has 0 aromatic heterocycles. The number of alkyl halides is 3. The number of nitrogens with zero attached hydrogens (tertiary/aromatic N) is 2. The van der Waals surface area contributed by atoms with Crippen LogP contribution in [0.15, 0.2) is 47.5 Å². The van der Waals surface area contributed by atoms with E-state index in [0.717, 1.165) is 0 Å². The lowest BCUT2D eigenvalue weighted by Crippen LogP contribution is -2.56. The fourth-order valence-corrected chi connectivity index (χ4v) is 5.28. The summed E-state index contributed by atoms with van der Waals surface area (Å²) in [5.74, 6) is -0.0597. The second kappa shape index (κ2) is 9.44. The molecule has 10 heteroatoms. The lowest BCUT2D eigenvalue weighted by molar-refractivity contribution is -0.206. The Labute approximate surface area is 206 Å². The van der Waals surface area contributed by atoms with Crippen LogP contribution in [-0.2, 0) is 15.1 Å². The molecule has 188 valence electrons. The Bertz CT molecular complexity index is 1160. The molecule has 0 bridgehead atoms. The number of guanidine groups is 1. The van der Waals surface area contributed by atoms with Gasteiger partial charge in [0.05, 0.1) is 23.1 Å². The number of hydrogen-bond donors (Lipinski definition) is 2. The normalized spacial score (nSPS) is 26.4. The number of amides is 1. The van der Waals surface area contributed by atoms with Gasteiger partial charge in [0.25, 0.3) is 0 Å². The number of rotatable bonds is 4. The molecule has 1 fully saturated rings. The Morgan fingerprint density at radius 1 is 1.29 bits per heavy atom. The smallest absolute Gasteiger partial charge is 0.379 e. The van der Waals surface area contributed by atoms with E-state index >= 15 is 0 Å². The maximum atomic E-state index is 13.2. The first-order valence-corrected chi connectivity index (χ1v) is 11.7. The van der Waals surface area contributed by atoms with Crippen LogP contribution in [0.3, 0.4) is 0 Å². The number of nitrogens with two attached hydrogens (primary N) is 1. The van der Waals surface area contributed by atoms with E-state index in [-0.39, 0.29) is 41.0 Å². The molecule has 4 rings (SSSR count). The van der Waals surface area contributed by atoms with Crippen molar-refractivity contribution in [1.29, 1.82) is 0 Å². The fraction of sp³-hybridized carbons (Fsp3) is 0.440. The van der Waals surface area contributed by atoms with Gasteiger partial charge in [-0.25, -0.2) is 4.99 Å². The Morgan fingerprint density at radius 2 is 2.00 bits per heavy atom. The summed E-state index contributed by atoms with van der Waals surface area (Å²) < 4.78 is 44.6. The molecule has 4 atom stereocenters. The highest BCUT2D eigenvalue weighted by atomic mass is 35.5. The van der Waals surface area contributed by atoms with E-state index < -0.39 is 17.8 Å². The van der Waals surface area contributed by atoms with E-state index in [0.29, 0.717) is 36.1 Å². The van der Waals surface area contributed by atoms with Crippen LogP contribution in [0.2, 0.25) is 5.02 Å². The summed E-state index contributed by atoms with van der Waals surface area (Å²) in [4.78, 5) is 19.4. The molecule has 1 amide bonds. The van der Waals surface area contributed by atoms with Crippen molar-refractivity contribution >= 4 is 23.5 Å². The molecule has 0 spiro atoms. The third kappa shape index (κ3) is 5.03. The molecule has 2 aliphatic heterocycles. The Kier molecular flexibility index (Phi) is 6.87. The maximum Gasteiger partial charge on any atom is 0.418 e. The van der Waals surface area contributed by atoms with Crippen LogP contribution in [0.25, 0.3) is 11.1 Å². The first-order chi connectivity index (χ1) is 16.4. The largest absolute Gasteiger partial charge is 0.418 e. The van der Waals surface area contributed by atoms with Crippen LogP contribution >= 0.6 is 11.6 Å². The zero-order chi connectivity index (χ0) is 25.5. The Hall–Kier alpha value is -2.62. The van der Waals surface area contributed by atoms with Gasteiger partial charge in [0.1, 0.15) is 0 Å². The van der Waals surface area contributed by atoms with Crippen LogP contribution in [0.4, 0.5) is 13.2 Å². The highest BCUT2D eigenvalue weighted by Gasteiger charge is 2.42. The maximum absolute atomic E-state index is 13.2. The first-order valence-electron chi connectivity index (χ1n) is 11.3. The van der Waals surface area contributed by atoms with Gasteiger partial charge in [0, 0.05) is 18.2 Å². The minimum Gasteiger partial charge on any atom is -0.379 e. The van der Waals surface area contributed by atoms with Crippen LogP contribution in [0.1, 0.15) is 50.3 Å². The van der Waals surface area contributed by atoms with Gasteiger partial charge in [0.15, 0.2) is 12.1 Å². The fourth-order valence-electron chi connectivity index (χ4n) is 4.84. The molecular weight excluding hydrogens is 483 g/mol. The Morgan fingerprint density at radius 3 is 2.66 bits per heavy atom. The number of aliphatic hydroxyl groups excluding tert-OH is 1. The molecule has 0 aliphatic carbocycles. The van der Waals surface area contributed by atoms with Gasteiger partial charge in [-0.15, -0.1) is 0 Å². The van der Waals surface area contributed by atoms with Gasteiger partial charge < -0.3 is 15.6 Å². The summed E-state index contributed by atoms with van der Waals surface area (Å²) >= 11 is 6.75. The van der Waals surface area contributed by atoms with Crippen molar-refractivity contribution in [1.82, 2.24) is 4.90 Å². The van der Waals surface area contributed by atoms with Gasteiger partial charge in [-0.05, 0) is 49.4 Å². The molecule has 2 heterocycles. The van der Waals surface area contributed by atoms with Crippen LogP contribution < -0.4 is 5.73 Å². The SMILES string of the molecule is C[C@H]1C[C@@H](N2C(=O)C[C@@](C)(c3cccc(-c4cccc([C@@H](O)C(F)(F)F)c4)c3Cl)N=C2N)CCO1. The second-order valence-corrected chi connectivity index (χ2v) is 9.66. The number of aliphatic hydroxyl groups is 1. The van der Waals surface area contributed by atoms with Gasteiger partial charge in [-0.2, -0.15) is 13.2 Å². The molecule has 0 unspecified atom stereocenters. The molecule has 35 heavy (non-hydrogen) atoms. The molecule has 0 radical (unpaired) electrons. The molecular formula is C25H27ClF3N3O3. The van der Waals surface area contributed by atoms with Crippen molar-refractivity contribution < 1.29 is 27.8 Å². The number of carbonyl (C=O) groups excluding carboxylic acids is 1. The van der Waals surface area contributed by atoms with E-state index in [9.17, 15) is 23.1 Å². The predicted molar refractivity (Wildman–Crippen MR) is 127 cm³/mol. The molecule has 2 aromatic rings. The average molecular weight is 510 g/mol. The molecule has 0 saturated carbocycles. The zero-order valence-corrected chi connectivity index (χ0v) is 20.1. The van der Waals surface area contributed by atoms with Crippen LogP contribution in [0.5, 0.6) is 0 Å². The summed E-state index contributed by atoms with van der Waals surface area (Å²) in [5, 5.41) is 9.92. The Balaban J connectivity index is 1.69. The molecule has 2 aromatic carbocycles. The van der Waals surface area contributed by atoms with Crippen molar-refractivity contribution in [3.8, 4) is 11.1 Å². The van der Waals surface area contributed by atoms with Gasteiger partial charge in [-0.3, -0.25) is 9.69 Å². The average Bonchev–Trinajstić information content (AvgIpc) is 2.77. The second-order valence-electron chi connectivity index (χ2n) is 9.28. The quantitative estimate of drug-likeness (QED) is 0.611. The molecule has 6 nitrogen and oxygen atoms in total. The molecule has 1 saturated heterocycles. The summed E-state index contributed by atoms with van der Waals surface area (Å²) in [6.45, 7) is 4.25. The number of hydrogen-bond acceptors (Lipinski definition) is 5. The van der Waals surface area contributed by atoms with E-state index in [2.05, 4.69) is 4.99 Å². The highest BCUT2D eigenvalue weighted by molar-refractivity contribution is 6.34. The van der Waals surface area contributed by atoms with Crippen LogP contribution in [-0.4, -0.2) is 46.8 Å². The summed E-state index contributed by atoms with van der Waals surface area (Å²) in [5.41, 5.74) is 6.34. The predicted octanol–water partition coefficient (Wildman–Crippen LogP) is 4.93. The number of aliphatic imine (C=N–C) groups is 1.